The first kappa shape index (κ1) is 24.9. The second-order valence-electron chi connectivity index (χ2n) is 9.16. The van der Waals surface area contributed by atoms with Crippen LogP contribution in [0, 0.1) is 0 Å². The molecule has 4 aromatic rings. The molecular formula is C26H24ClF4N3O. The summed E-state index contributed by atoms with van der Waals surface area (Å²) >= 11 is 6.20. The lowest BCUT2D eigenvalue weighted by atomic mass is 9.87. The maximum atomic E-state index is 13.3. The summed E-state index contributed by atoms with van der Waals surface area (Å²) in [7, 11) is 0. The van der Waals surface area contributed by atoms with Crippen LogP contribution in [0.2, 0.25) is 5.02 Å². The number of fused-ring (bicyclic) bond motifs is 1. The largest absolute Gasteiger partial charge is 0.461 e. The third-order valence-electron chi connectivity index (χ3n) is 5.49. The van der Waals surface area contributed by atoms with Crippen LogP contribution in [-0.2, 0) is 12.0 Å². The van der Waals surface area contributed by atoms with Crippen LogP contribution in [0.5, 0.6) is 5.75 Å². The van der Waals surface area contributed by atoms with E-state index in [1.165, 1.54) is 29.8 Å². The van der Waals surface area contributed by atoms with E-state index in [0.717, 1.165) is 5.56 Å². The summed E-state index contributed by atoms with van der Waals surface area (Å²) in [6.45, 7) is 6.94. The van der Waals surface area contributed by atoms with Crippen molar-refractivity contribution in [1.29, 1.82) is 0 Å². The zero-order valence-electron chi connectivity index (χ0n) is 19.3. The Kier molecular flexibility index (Phi) is 6.68. The number of ether oxygens (including phenoxy) is 1. The third-order valence-corrected chi connectivity index (χ3v) is 5.73. The van der Waals surface area contributed by atoms with E-state index in [1.54, 1.807) is 22.8 Å². The Bertz CT molecular complexity index is 1310. The maximum absolute atomic E-state index is 13.3. The van der Waals surface area contributed by atoms with E-state index in [0.29, 0.717) is 34.2 Å². The van der Waals surface area contributed by atoms with Crippen molar-refractivity contribution in [3.8, 4) is 11.4 Å². The van der Waals surface area contributed by atoms with Crippen molar-refractivity contribution in [3.05, 3.63) is 82.9 Å². The van der Waals surface area contributed by atoms with E-state index in [9.17, 15) is 17.6 Å². The van der Waals surface area contributed by atoms with Gasteiger partial charge in [-0.3, -0.25) is 4.57 Å². The lowest BCUT2D eigenvalue weighted by Gasteiger charge is -2.19. The average Bonchev–Trinajstić information content (AvgIpc) is 3.15. The molecule has 0 radical (unpaired) electrons. The Morgan fingerprint density at radius 1 is 0.971 bits per heavy atom. The molecule has 0 saturated carbocycles. The van der Waals surface area contributed by atoms with Gasteiger partial charge >= 0.3 is 12.5 Å². The number of rotatable bonds is 7. The summed E-state index contributed by atoms with van der Waals surface area (Å²) in [6.07, 6.45) is -8.51. The fraction of sp³-hybridized carbons (Fsp3) is 0.269. The molecule has 1 N–H and O–H groups in total. The Morgan fingerprint density at radius 2 is 1.63 bits per heavy atom. The fourth-order valence-corrected chi connectivity index (χ4v) is 3.76. The van der Waals surface area contributed by atoms with Gasteiger partial charge in [-0.05, 0) is 59.0 Å². The molecule has 0 aliphatic carbocycles. The number of benzene rings is 3. The zero-order valence-corrected chi connectivity index (χ0v) is 20.1. The molecule has 0 unspecified atom stereocenters. The normalized spacial score (nSPS) is 12.4. The first-order chi connectivity index (χ1) is 16.4. The van der Waals surface area contributed by atoms with Gasteiger partial charge in [0, 0.05) is 17.3 Å². The molecule has 0 fully saturated rings. The second kappa shape index (κ2) is 9.41. The van der Waals surface area contributed by atoms with Crippen molar-refractivity contribution >= 4 is 28.6 Å². The van der Waals surface area contributed by atoms with Gasteiger partial charge < -0.3 is 10.1 Å². The monoisotopic (exact) mass is 505 g/mol. The van der Waals surface area contributed by atoms with Crippen LogP contribution in [-0.4, -0.2) is 22.1 Å². The summed E-state index contributed by atoms with van der Waals surface area (Å²) in [4.78, 5) is 4.65. The van der Waals surface area contributed by atoms with Crippen molar-refractivity contribution < 1.29 is 22.3 Å². The summed E-state index contributed by atoms with van der Waals surface area (Å²) in [5, 5.41) is 3.82. The number of nitrogens with one attached hydrogen (secondary N) is 1. The number of halogens is 5. The Morgan fingerprint density at radius 3 is 2.23 bits per heavy atom. The lowest BCUT2D eigenvalue weighted by Crippen LogP contribution is -2.33. The van der Waals surface area contributed by atoms with E-state index in [4.69, 9.17) is 11.6 Å². The molecular weight excluding hydrogens is 482 g/mol. The number of imidazole rings is 1. The van der Waals surface area contributed by atoms with E-state index in [1.807, 2.05) is 12.1 Å². The van der Waals surface area contributed by atoms with Crippen LogP contribution in [0.1, 0.15) is 31.9 Å². The summed E-state index contributed by atoms with van der Waals surface area (Å²) in [6, 6.07) is 18.9. The summed E-state index contributed by atoms with van der Waals surface area (Å²) in [5.41, 5.74) is 4.25. The van der Waals surface area contributed by atoms with Gasteiger partial charge in [0.25, 0.3) is 0 Å². The highest BCUT2D eigenvalue weighted by Gasteiger charge is 2.43. The van der Waals surface area contributed by atoms with Crippen LogP contribution in [0.3, 0.4) is 0 Å². The molecule has 0 amide bonds. The van der Waals surface area contributed by atoms with Crippen molar-refractivity contribution in [2.75, 3.05) is 5.32 Å². The minimum Gasteiger partial charge on any atom is -0.428 e. The van der Waals surface area contributed by atoms with Gasteiger partial charge in [-0.25, -0.2) is 4.98 Å². The molecule has 0 atom stereocenters. The molecule has 184 valence electrons. The Labute approximate surface area is 205 Å². The summed E-state index contributed by atoms with van der Waals surface area (Å²) in [5.74, 6) is 0.128. The molecule has 0 saturated heterocycles. The summed E-state index contributed by atoms with van der Waals surface area (Å²) < 4.78 is 57.4. The standard InChI is InChI=1S/C26H24ClF4N3O/c1-25(2,3)17-6-4-16(5-7-17)15-32-24-33-21-13-8-18(27)14-22(21)34(24)19-9-11-20(12-10-19)35-26(30,31)23(28)29/h4-14,23H,15H2,1-3H3,(H,32,33). The fourth-order valence-electron chi connectivity index (χ4n) is 3.60. The van der Waals surface area contributed by atoms with Gasteiger partial charge in [-0.1, -0.05) is 56.6 Å². The third kappa shape index (κ3) is 5.53. The molecule has 9 heteroatoms. The number of alkyl halides is 4. The first-order valence-electron chi connectivity index (χ1n) is 10.9. The highest BCUT2D eigenvalue weighted by atomic mass is 35.5. The van der Waals surface area contributed by atoms with Gasteiger partial charge in [0.1, 0.15) is 5.75 Å². The molecule has 4 nitrogen and oxygen atoms in total. The van der Waals surface area contributed by atoms with Crippen LogP contribution in [0.4, 0.5) is 23.5 Å². The predicted molar refractivity (Wildman–Crippen MR) is 130 cm³/mol. The number of aromatic nitrogens is 2. The highest BCUT2D eigenvalue weighted by Crippen LogP contribution is 2.31. The maximum Gasteiger partial charge on any atom is 0.461 e. The van der Waals surface area contributed by atoms with Crippen LogP contribution in [0.15, 0.2) is 66.7 Å². The molecule has 0 aliphatic rings. The SMILES string of the molecule is CC(C)(C)c1ccc(CNc2nc3ccc(Cl)cc3n2-c2ccc(OC(F)(F)C(F)F)cc2)cc1. The van der Waals surface area contributed by atoms with Crippen LogP contribution in [0.25, 0.3) is 16.7 Å². The van der Waals surface area contributed by atoms with Gasteiger partial charge in [0.2, 0.25) is 5.95 Å². The minimum absolute atomic E-state index is 0.0500. The van der Waals surface area contributed by atoms with E-state index in [-0.39, 0.29) is 11.2 Å². The predicted octanol–water partition coefficient (Wildman–Crippen LogP) is 7.83. The number of anilines is 1. The van der Waals surface area contributed by atoms with Gasteiger partial charge in [-0.2, -0.15) is 17.6 Å². The molecule has 1 aromatic heterocycles. The minimum atomic E-state index is -4.58. The van der Waals surface area contributed by atoms with Crippen molar-refractivity contribution in [3.63, 3.8) is 0 Å². The topological polar surface area (TPSA) is 39.1 Å². The lowest BCUT2D eigenvalue weighted by molar-refractivity contribution is -0.253. The number of hydrogen-bond acceptors (Lipinski definition) is 3. The van der Waals surface area contributed by atoms with Crippen molar-refractivity contribution in [2.45, 2.75) is 45.3 Å². The van der Waals surface area contributed by atoms with Crippen molar-refractivity contribution in [2.24, 2.45) is 0 Å². The molecule has 1 heterocycles. The van der Waals surface area contributed by atoms with Crippen LogP contribution < -0.4 is 10.1 Å². The average molecular weight is 506 g/mol. The molecule has 0 spiro atoms. The number of hydrogen-bond donors (Lipinski definition) is 1. The van der Waals surface area contributed by atoms with E-state index >= 15 is 0 Å². The molecule has 35 heavy (non-hydrogen) atoms. The molecule has 3 aromatic carbocycles. The molecule has 4 rings (SSSR count). The van der Waals surface area contributed by atoms with Gasteiger partial charge in [-0.15, -0.1) is 0 Å². The Balaban J connectivity index is 1.64. The molecule has 0 bridgehead atoms. The van der Waals surface area contributed by atoms with Gasteiger partial charge in [0.05, 0.1) is 11.0 Å². The first-order valence-corrected chi connectivity index (χ1v) is 11.3. The second-order valence-corrected chi connectivity index (χ2v) is 9.60. The Hall–Kier alpha value is -3.26. The van der Waals surface area contributed by atoms with Crippen LogP contribution >= 0.6 is 11.6 Å². The molecule has 0 aliphatic heterocycles. The van der Waals surface area contributed by atoms with Crippen molar-refractivity contribution in [1.82, 2.24) is 9.55 Å². The van der Waals surface area contributed by atoms with Gasteiger partial charge in [0.15, 0.2) is 0 Å². The van der Waals surface area contributed by atoms with E-state index in [2.05, 4.69) is 47.9 Å². The number of nitrogens with zero attached hydrogens (tertiary/aromatic N) is 2. The smallest absolute Gasteiger partial charge is 0.428 e. The highest BCUT2D eigenvalue weighted by molar-refractivity contribution is 6.31. The quantitative estimate of drug-likeness (QED) is 0.260. The van der Waals surface area contributed by atoms with E-state index < -0.39 is 12.5 Å². The zero-order chi connectivity index (χ0) is 25.4.